The van der Waals surface area contributed by atoms with Crippen LogP contribution in [0.3, 0.4) is 0 Å². The van der Waals surface area contributed by atoms with Gasteiger partial charge in [-0.2, -0.15) is 0 Å². The van der Waals surface area contributed by atoms with Crippen LogP contribution in [0.1, 0.15) is 16.7 Å². The van der Waals surface area contributed by atoms with Crippen LogP contribution in [0.5, 0.6) is 0 Å². The molecule has 5 heteroatoms. The van der Waals surface area contributed by atoms with Gasteiger partial charge in [0.25, 0.3) is 0 Å². The third kappa shape index (κ3) is 2.49. The zero-order valence-corrected chi connectivity index (χ0v) is 13.5. The molecule has 1 aliphatic heterocycles. The van der Waals surface area contributed by atoms with Crippen molar-refractivity contribution in [3.63, 3.8) is 0 Å². The number of hydrogen-bond acceptors (Lipinski definition) is 3. The van der Waals surface area contributed by atoms with Crippen LogP contribution in [0.4, 0.5) is 4.39 Å². The molecule has 0 amide bonds. The number of rotatable bonds is 2. The van der Waals surface area contributed by atoms with Gasteiger partial charge in [0.15, 0.2) is 0 Å². The average molecular weight is 318 g/mol. The molecular formula is C17H17ClFN3. The molecule has 0 aliphatic carbocycles. The predicted molar refractivity (Wildman–Crippen MR) is 87.6 cm³/mol. The van der Waals surface area contributed by atoms with Gasteiger partial charge in [-0.1, -0.05) is 11.6 Å². The van der Waals surface area contributed by atoms with Crippen molar-refractivity contribution in [2.24, 2.45) is 0 Å². The van der Waals surface area contributed by atoms with Crippen molar-refractivity contribution in [2.75, 3.05) is 14.1 Å². The number of hydrogen-bond donors (Lipinski definition) is 0. The Morgan fingerprint density at radius 2 is 2.09 bits per heavy atom. The van der Waals surface area contributed by atoms with Gasteiger partial charge < -0.3 is 5.01 Å². The third-order valence-corrected chi connectivity index (χ3v) is 4.33. The smallest absolute Gasteiger partial charge is 0.150 e. The van der Waals surface area contributed by atoms with E-state index in [1.807, 2.05) is 55.4 Å². The molecule has 0 unspecified atom stereocenters. The number of pyridine rings is 1. The van der Waals surface area contributed by atoms with Crippen molar-refractivity contribution < 1.29 is 4.39 Å². The molecule has 22 heavy (non-hydrogen) atoms. The molecule has 0 saturated heterocycles. The van der Waals surface area contributed by atoms with Gasteiger partial charge in [0.2, 0.25) is 0 Å². The Hall–Kier alpha value is -1.91. The molecule has 114 valence electrons. The summed E-state index contributed by atoms with van der Waals surface area (Å²) in [5.41, 5.74) is 3.99. The Morgan fingerprint density at radius 3 is 2.77 bits per heavy atom. The Morgan fingerprint density at radius 1 is 1.32 bits per heavy atom. The monoisotopic (exact) mass is 317 g/mol. The summed E-state index contributed by atoms with van der Waals surface area (Å²) in [6.45, 7) is 2.49. The van der Waals surface area contributed by atoms with Crippen molar-refractivity contribution >= 4 is 17.7 Å². The second-order valence-electron chi connectivity index (χ2n) is 5.57. The summed E-state index contributed by atoms with van der Waals surface area (Å²) in [7, 11) is 3.87. The zero-order valence-electron chi connectivity index (χ0n) is 12.8. The van der Waals surface area contributed by atoms with Gasteiger partial charge in [-0.05, 0) is 36.3 Å². The molecule has 0 N–H and O–H groups in total. The second kappa shape index (κ2) is 5.71. The summed E-state index contributed by atoms with van der Waals surface area (Å²) in [4.78, 5) is 4.10. The Balaban J connectivity index is 2.15. The van der Waals surface area contributed by atoms with Gasteiger partial charge in [0.05, 0.1) is 11.6 Å². The van der Waals surface area contributed by atoms with E-state index in [1.165, 1.54) is 0 Å². The molecule has 1 aliphatic rings. The summed E-state index contributed by atoms with van der Waals surface area (Å²) in [5.74, 6) is -0.384. The van der Waals surface area contributed by atoms with Crippen LogP contribution in [0.25, 0.3) is 17.2 Å². The number of nitrogens with zero attached hydrogens (tertiary/aromatic N) is 3. The minimum absolute atomic E-state index is 0.187. The maximum absolute atomic E-state index is 14.8. The second-order valence-corrected chi connectivity index (χ2v) is 5.95. The van der Waals surface area contributed by atoms with E-state index in [-0.39, 0.29) is 10.8 Å². The lowest BCUT2D eigenvalue weighted by Crippen LogP contribution is -2.33. The van der Waals surface area contributed by atoms with Crippen molar-refractivity contribution in [1.82, 2.24) is 15.0 Å². The van der Waals surface area contributed by atoms with E-state index in [2.05, 4.69) is 4.98 Å². The lowest BCUT2D eigenvalue weighted by Gasteiger charge is -2.31. The van der Waals surface area contributed by atoms with Gasteiger partial charge in [0, 0.05) is 49.4 Å². The highest BCUT2D eigenvalue weighted by molar-refractivity contribution is 6.32. The Kier molecular flexibility index (Phi) is 3.89. The molecule has 2 heterocycles. The van der Waals surface area contributed by atoms with Crippen LogP contribution in [0, 0.1) is 12.7 Å². The Bertz CT molecular complexity index is 756. The van der Waals surface area contributed by atoms with E-state index in [4.69, 9.17) is 11.6 Å². The topological polar surface area (TPSA) is 19.4 Å². The van der Waals surface area contributed by atoms with Crippen LogP contribution in [-0.2, 0) is 6.54 Å². The summed E-state index contributed by atoms with van der Waals surface area (Å²) < 4.78 is 14.8. The number of fused-ring (bicyclic) bond motifs is 1. The fourth-order valence-corrected chi connectivity index (χ4v) is 2.86. The first-order valence-electron chi connectivity index (χ1n) is 7.03. The summed E-state index contributed by atoms with van der Waals surface area (Å²) >= 11 is 6.31. The van der Waals surface area contributed by atoms with E-state index >= 15 is 0 Å². The molecule has 0 fully saturated rings. The Labute approximate surface area is 134 Å². The largest absolute Gasteiger partial charge is 0.309 e. The fraction of sp³-hybridized carbons (Fsp3) is 0.235. The van der Waals surface area contributed by atoms with E-state index in [0.717, 1.165) is 22.3 Å². The predicted octanol–water partition coefficient (Wildman–Crippen LogP) is 4.11. The highest BCUT2D eigenvalue weighted by Gasteiger charge is 2.22. The minimum Gasteiger partial charge on any atom is -0.309 e. The number of benzene rings is 1. The van der Waals surface area contributed by atoms with E-state index in [9.17, 15) is 4.39 Å². The summed E-state index contributed by atoms with van der Waals surface area (Å²) in [5, 5.41) is 4.10. The molecule has 0 saturated carbocycles. The molecule has 1 aromatic heterocycles. The van der Waals surface area contributed by atoms with Crippen LogP contribution in [0.15, 0.2) is 30.7 Å². The molecule has 2 aromatic rings. The first-order chi connectivity index (χ1) is 10.5. The highest BCUT2D eigenvalue weighted by Crippen LogP contribution is 2.36. The fourth-order valence-electron chi connectivity index (χ4n) is 2.59. The van der Waals surface area contributed by atoms with Gasteiger partial charge in [-0.15, -0.1) is 0 Å². The van der Waals surface area contributed by atoms with E-state index < -0.39 is 0 Å². The van der Waals surface area contributed by atoms with E-state index in [0.29, 0.717) is 12.1 Å². The highest BCUT2D eigenvalue weighted by atomic mass is 35.5. The van der Waals surface area contributed by atoms with Crippen LogP contribution >= 0.6 is 11.6 Å². The van der Waals surface area contributed by atoms with Gasteiger partial charge in [0.1, 0.15) is 5.82 Å². The maximum atomic E-state index is 14.8. The van der Waals surface area contributed by atoms with Gasteiger partial charge in [-0.3, -0.25) is 4.98 Å². The number of aryl methyl sites for hydroxylation is 1. The van der Waals surface area contributed by atoms with Crippen molar-refractivity contribution in [3.05, 3.63) is 58.3 Å². The lowest BCUT2D eigenvalue weighted by atomic mass is 9.95. The van der Waals surface area contributed by atoms with Gasteiger partial charge >= 0.3 is 0 Å². The zero-order chi connectivity index (χ0) is 15.9. The van der Waals surface area contributed by atoms with Crippen LogP contribution < -0.4 is 0 Å². The summed E-state index contributed by atoms with van der Waals surface area (Å²) in [6, 6.07) is 3.72. The molecule has 3 nitrogen and oxygen atoms in total. The van der Waals surface area contributed by atoms with Crippen LogP contribution in [-0.4, -0.2) is 29.1 Å². The molecule has 3 rings (SSSR count). The van der Waals surface area contributed by atoms with Gasteiger partial charge in [-0.25, -0.2) is 9.40 Å². The maximum Gasteiger partial charge on any atom is 0.150 e. The minimum atomic E-state index is -0.384. The number of aromatic nitrogens is 1. The molecule has 0 atom stereocenters. The molecule has 0 bridgehead atoms. The molecule has 1 aromatic carbocycles. The van der Waals surface area contributed by atoms with Crippen molar-refractivity contribution in [1.29, 1.82) is 0 Å². The average Bonchev–Trinajstić information content (AvgIpc) is 2.51. The first kappa shape index (κ1) is 15.0. The molecular weight excluding hydrogens is 301 g/mol. The quantitative estimate of drug-likeness (QED) is 0.831. The third-order valence-electron chi connectivity index (χ3n) is 3.93. The van der Waals surface area contributed by atoms with Crippen LogP contribution in [0.2, 0.25) is 5.02 Å². The first-order valence-corrected chi connectivity index (χ1v) is 7.40. The normalized spacial score (nSPS) is 13.6. The standard InChI is InChI=1S/C17H17ClFN3/c1-11-4-6-20-9-14(11)13-8-12-5-7-22(21(2)3)10-15(12)16(18)17(13)19/h4-9H,10H2,1-3H3. The number of halogens is 2. The van der Waals surface area contributed by atoms with E-state index in [1.54, 1.807) is 12.4 Å². The van der Waals surface area contributed by atoms with Crippen molar-refractivity contribution in [2.45, 2.75) is 13.5 Å². The number of hydrazine groups is 1. The van der Waals surface area contributed by atoms with Crippen molar-refractivity contribution in [3.8, 4) is 11.1 Å². The summed E-state index contributed by atoms with van der Waals surface area (Å²) in [6.07, 6.45) is 7.30. The molecule has 0 spiro atoms. The molecule has 0 radical (unpaired) electrons. The SMILES string of the molecule is Cc1ccncc1-c1cc2c(c(Cl)c1F)CN(N(C)C)C=C2. The lowest BCUT2D eigenvalue weighted by molar-refractivity contribution is 0.0733.